The van der Waals surface area contributed by atoms with Crippen molar-refractivity contribution in [2.24, 2.45) is 5.92 Å². The number of hydrogen-bond donors (Lipinski definition) is 1. The van der Waals surface area contributed by atoms with E-state index in [0.29, 0.717) is 19.0 Å². The first-order valence-electron chi connectivity index (χ1n) is 7.59. The third-order valence-electron chi connectivity index (χ3n) is 3.35. The van der Waals surface area contributed by atoms with Crippen molar-refractivity contribution < 1.29 is 19.4 Å². The van der Waals surface area contributed by atoms with Crippen molar-refractivity contribution in [1.29, 1.82) is 0 Å². The molecule has 2 heterocycles. The fourth-order valence-corrected chi connectivity index (χ4v) is 2.13. The third-order valence-corrected chi connectivity index (χ3v) is 3.35. The molecular weight excluding hydrogens is 269 g/mol. The van der Waals surface area contributed by atoms with E-state index in [1.54, 1.807) is 4.90 Å². The minimum absolute atomic E-state index is 0. The van der Waals surface area contributed by atoms with Crippen LogP contribution in [-0.2, 0) is 9.47 Å². The highest BCUT2D eigenvalue weighted by atomic mass is 16.6. The molecule has 3 radical (unpaired) electrons. The maximum Gasteiger partial charge on any atom is 0.410 e. The van der Waals surface area contributed by atoms with Crippen molar-refractivity contribution in [2.75, 3.05) is 32.9 Å². The van der Waals surface area contributed by atoms with Crippen LogP contribution in [0, 0.1) is 5.92 Å². The zero-order valence-electron chi connectivity index (χ0n) is 13.6. The lowest BCUT2D eigenvalue weighted by atomic mass is 9.98. The van der Waals surface area contributed by atoms with Gasteiger partial charge in [-0.05, 0) is 52.4 Å². The molecule has 0 spiro atoms. The Labute approximate surface area is 130 Å². The van der Waals surface area contributed by atoms with Crippen LogP contribution in [-0.4, -0.2) is 63.0 Å². The van der Waals surface area contributed by atoms with Crippen LogP contribution in [0.2, 0.25) is 0 Å². The molecule has 0 aromatic carbocycles. The van der Waals surface area contributed by atoms with Gasteiger partial charge in [0.1, 0.15) is 5.60 Å². The second kappa shape index (κ2) is 10.1. The number of aliphatic hydroxyl groups excluding tert-OH is 1. The number of aliphatic hydroxyl groups is 1. The molecule has 21 heavy (non-hydrogen) atoms. The summed E-state index contributed by atoms with van der Waals surface area (Å²) in [6.07, 6.45) is 4.06. The van der Waals surface area contributed by atoms with Crippen LogP contribution >= 0.6 is 0 Å². The van der Waals surface area contributed by atoms with Gasteiger partial charge in [0.25, 0.3) is 0 Å². The van der Waals surface area contributed by atoms with Crippen LogP contribution in [0.5, 0.6) is 0 Å². The number of ether oxygens (including phenoxy) is 2. The Balaban J connectivity index is 0.000000562. The summed E-state index contributed by atoms with van der Waals surface area (Å²) in [7, 11) is 0. The van der Waals surface area contributed by atoms with E-state index in [1.807, 2.05) is 20.8 Å². The Bertz CT molecular complexity index is 274. The van der Waals surface area contributed by atoms with Gasteiger partial charge in [-0.25, -0.2) is 4.79 Å². The summed E-state index contributed by atoms with van der Waals surface area (Å²) in [5.41, 5.74) is -0.426. The normalized spacial score (nSPS) is 19.3. The van der Waals surface area contributed by atoms with Crippen molar-refractivity contribution in [3.05, 3.63) is 0 Å². The summed E-state index contributed by atoms with van der Waals surface area (Å²) in [6.45, 7) is 9.21. The van der Waals surface area contributed by atoms with Gasteiger partial charge in [-0.1, -0.05) is 0 Å². The van der Waals surface area contributed by atoms with Gasteiger partial charge in [0.2, 0.25) is 0 Å². The average molecular weight is 298 g/mol. The summed E-state index contributed by atoms with van der Waals surface area (Å²) in [6, 6.07) is 0. The molecule has 0 saturated carbocycles. The second-order valence-electron chi connectivity index (χ2n) is 6.41. The fraction of sp³-hybridized carbons (Fsp3) is 0.933. The number of carbonyl (C=O) groups excluding carboxylic acids is 1. The molecule has 1 amide bonds. The Morgan fingerprint density at radius 2 is 1.76 bits per heavy atom. The molecule has 0 atom stereocenters. The van der Waals surface area contributed by atoms with Crippen LogP contribution < -0.4 is 0 Å². The van der Waals surface area contributed by atoms with Crippen LogP contribution in [0.25, 0.3) is 0 Å². The molecule has 0 bridgehead atoms. The molecule has 2 aliphatic rings. The van der Waals surface area contributed by atoms with E-state index in [-0.39, 0.29) is 21.1 Å². The number of hydrogen-bond acceptors (Lipinski definition) is 4. The lowest BCUT2D eigenvalue weighted by molar-refractivity contribution is 0.0159. The Kier molecular flexibility index (Phi) is 9.70. The van der Waals surface area contributed by atoms with Gasteiger partial charge in [0, 0.05) is 41.3 Å². The van der Waals surface area contributed by atoms with E-state index in [0.717, 1.165) is 26.1 Å². The topological polar surface area (TPSA) is 59.0 Å². The SMILES string of the molecule is C1CCOC1.CC(C)(C)OC(=O)N1CCC(CO)CC1.[B]. The van der Waals surface area contributed by atoms with E-state index in [2.05, 4.69) is 0 Å². The monoisotopic (exact) mass is 298 g/mol. The minimum Gasteiger partial charge on any atom is -0.444 e. The van der Waals surface area contributed by atoms with Crippen LogP contribution in [0.3, 0.4) is 0 Å². The first-order valence-corrected chi connectivity index (χ1v) is 7.59. The second-order valence-corrected chi connectivity index (χ2v) is 6.41. The summed E-state index contributed by atoms with van der Waals surface area (Å²) < 4.78 is 10.2. The van der Waals surface area contributed by atoms with Gasteiger partial charge in [-0.3, -0.25) is 0 Å². The van der Waals surface area contributed by atoms with Crippen molar-refractivity contribution in [2.45, 2.75) is 52.1 Å². The van der Waals surface area contributed by atoms with E-state index < -0.39 is 5.60 Å². The maximum absolute atomic E-state index is 11.6. The van der Waals surface area contributed by atoms with Crippen LogP contribution in [0.15, 0.2) is 0 Å². The number of likely N-dealkylation sites (tertiary alicyclic amines) is 1. The molecule has 2 rings (SSSR count). The largest absolute Gasteiger partial charge is 0.444 e. The van der Waals surface area contributed by atoms with Gasteiger partial charge < -0.3 is 19.5 Å². The third kappa shape index (κ3) is 8.99. The zero-order chi connectivity index (χ0) is 15.0. The number of carbonyl (C=O) groups is 1. The molecular formula is C15H29BNO4. The van der Waals surface area contributed by atoms with Crippen molar-refractivity contribution in [3.63, 3.8) is 0 Å². The number of nitrogens with zero attached hydrogens (tertiary/aromatic N) is 1. The first-order chi connectivity index (χ1) is 9.42. The zero-order valence-corrected chi connectivity index (χ0v) is 13.6. The molecule has 0 aliphatic carbocycles. The number of rotatable bonds is 1. The highest BCUT2D eigenvalue weighted by Gasteiger charge is 2.26. The van der Waals surface area contributed by atoms with E-state index in [4.69, 9.17) is 14.6 Å². The standard InChI is InChI=1S/C11H21NO3.C4H8O.B/c1-11(2,3)15-10(14)12-6-4-9(8-13)5-7-12;1-2-4-5-3-1;/h9,13H,4-8H2,1-3H3;1-4H2;. The molecule has 0 unspecified atom stereocenters. The van der Waals surface area contributed by atoms with Gasteiger partial charge in [-0.15, -0.1) is 0 Å². The molecule has 2 saturated heterocycles. The van der Waals surface area contributed by atoms with Crippen molar-refractivity contribution >= 4 is 14.5 Å². The van der Waals surface area contributed by atoms with Gasteiger partial charge in [0.15, 0.2) is 0 Å². The van der Waals surface area contributed by atoms with Crippen LogP contribution in [0.4, 0.5) is 4.79 Å². The predicted molar refractivity (Wildman–Crippen MR) is 83.4 cm³/mol. The summed E-state index contributed by atoms with van der Waals surface area (Å²) in [4.78, 5) is 13.4. The smallest absolute Gasteiger partial charge is 0.410 e. The lowest BCUT2D eigenvalue weighted by Crippen LogP contribution is -2.42. The maximum atomic E-state index is 11.6. The van der Waals surface area contributed by atoms with Crippen LogP contribution in [0.1, 0.15) is 46.5 Å². The highest BCUT2D eigenvalue weighted by molar-refractivity contribution is 5.75. The minimum atomic E-state index is -0.426. The summed E-state index contributed by atoms with van der Waals surface area (Å²) in [5, 5.41) is 8.97. The van der Waals surface area contributed by atoms with Crippen molar-refractivity contribution in [1.82, 2.24) is 4.90 Å². The molecule has 121 valence electrons. The quantitative estimate of drug-likeness (QED) is 0.753. The summed E-state index contributed by atoms with van der Waals surface area (Å²) in [5.74, 6) is 0.351. The molecule has 2 fully saturated rings. The predicted octanol–water partition coefficient (Wildman–Crippen LogP) is 2.04. The van der Waals surface area contributed by atoms with E-state index >= 15 is 0 Å². The molecule has 0 aromatic heterocycles. The molecule has 6 heteroatoms. The highest BCUT2D eigenvalue weighted by Crippen LogP contribution is 2.18. The van der Waals surface area contributed by atoms with E-state index in [9.17, 15) is 4.79 Å². The summed E-state index contributed by atoms with van der Waals surface area (Å²) >= 11 is 0. The Morgan fingerprint density at radius 3 is 2.10 bits per heavy atom. The van der Waals surface area contributed by atoms with Gasteiger partial charge in [0.05, 0.1) is 0 Å². The fourth-order valence-electron chi connectivity index (χ4n) is 2.13. The van der Waals surface area contributed by atoms with Gasteiger partial charge >= 0.3 is 6.09 Å². The molecule has 1 N–H and O–H groups in total. The first kappa shape index (κ1) is 20.3. The lowest BCUT2D eigenvalue weighted by Gasteiger charge is -2.32. The molecule has 2 aliphatic heterocycles. The Hall–Kier alpha value is -0.745. The molecule has 5 nitrogen and oxygen atoms in total. The van der Waals surface area contributed by atoms with Gasteiger partial charge in [-0.2, -0.15) is 0 Å². The van der Waals surface area contributed by atoms with Crippen molar-refractivity contribution in [3.8, 4) is 0 Å². The average Bonchev–Trinajstić information content (AvgIpc) is 2.96. The molecule has 0 aromatic rings. The number of amides is 1. The number of piperidine rings is 1. The van der Waals surface area contributed by atoms with E-state index in [1.165, 1.54) is 12.8 Å². The Morgan fingerprint density at radius 1 is 1.24 bits per heavy atom.